The van der Waals surface area contributed by atoms with Crippen molar-refractivity contribution < 1.29 is 84.9 Å². The van der Waals surface area contributed by atoms with Crippen LogP contribution in [0.15, 0.2) is 30.3 Å². The molecule has 1 rings (SSSR count). The molecule has 1 aromatic rings. The highest BCUT2D eigenvalue weighted by atomic mass is 16.5. The molecule has 0 heterocycles. The first-order valence-electron chi connectivity index (χ1n) is 15.7. The highest BCUT2D eigenvalue weighted by molar-refractivity contribution is 5.90. The molecule has 0 aromatic heterocycles. The molecule has 0 aliphatic carbocycles. The zero-order valence-corrected chi connectivity index (χ0v) is 27.4. The van der Waals surface area contributed by atoms with E-state index in [-0.39, 0.29) is 6.61 Å². The second kappa shape index (κ2) is 23.4. The molecule has 0 aliphatic rings. The Bertz CT molecular complexity index is 1230. The molecule has 51 heavy (non-hydrogen) atoms. The third kappa shape index (κ3) is 16.7. The number of carbonyl (C=O) groups is 5. The Hall–Kier alpha value is -4.03. The van der Waals surface area contributed by atoms with E-state index in [4.69, 9.17) is 14.9 Å². The normalized spacial score (nSPS) is 17.2. The first-order chi connectivity index (χ1) is 24.0. The van der Waals surface area contributed by atoms with Crippen molar-refractivity contribution in [2.75, 3.05) is 26.3 Å². The molecule has 0 aliphatic heterocycles. The first-order valence-corrected chi connectivity index (χ1v) is 15.7. The molecule has 10 unspecified atom stereocenters. The highest BCUT2D eigenvalue weighted by Gasteiger charge is 2.32. The lowest BCUT2D eigenvalue weighted by Gasteiger charge is -2.26. The average Bonchev–Trinajstić information content (AvgIpc) is 3.13. The summed E-state index contributed by atoms with van der Waals surface area (Å²) in [5.41, 5.74) is 0.593. The lowest BCUT2D eigenvalue weighted by Crippen LogP contribution is -2.52. The lowest BCUT2D eigenvalue weighted by atomic mass is 10.0. The summed E-state index contributed by atoms with van der Waals surface area (Å²) in [6, 6.07) is 5.10. The van der Waals surface area contributed by atoms with E-state index in [1.54, 1.807) is 30.3 Å². The molecule has 10 atom stereocenters. The molecule has 0 spiro atoms. The molecule has 290 valence electrons. The highest BCUT2D eigenvalue weighted by Crippen LogP contribution is 2.08. The quantitative estimate of drug-likeness (QED) is 0.0469. The summed E-state index contributed by atoms with van der Waals surface area (Å²) in [4.78, 5) is 62.3. The van der Waals surface area contributed by atoms with Gasteiger partial charge in [0.05, 0.1) is 25.4 Å². The summed E-state index contributed by atoms with van der Waals surface area (Å²) in [6.07, 6.45) is -18.1. The van der Waals surface area contributed by atoms with Crippen molar-refractivity contribution in [3.05, 3.63) is 35.9 Å². The second-order valence-corrected chi connectivity index (χ2v) is 11.4. The molecule has 0 bridgehead atoms. The van der Waals surface area contributed by atoms with E-state index in [0.29, 0.717) is 5.56 Å². The molecule has 0 radical (unpaired) electrons. The lowest BCUT2D eigenvalue weighted by molar-refractivity contribution is -0.142. The van der Waals surface area contributed by atoms with E-state index < -0.39 is 143 Å². The van der Waals surface area contributed by atoms with E-state index in [1.807, 2.05) is 0 Å². The Morgan fingerprint density at radius 2 is 1.04 bits per heavy atom. The first kappa shape index (κ1) is 45.0. The number of alkyl carbamates (subject to hydrolysis) is 1. The van der Waals surface area contributed by atoms with Crippen LogP contribution in [0.2, 0.25) is 0 Å². The maximum atomic E-state index is 13.1. The molecule has 21 heteroatoms. The van der Waals surface area contributed by atoms with Crippen LogP contribution in [-0.4, -0.2) is 173 Å². The van der Waals surface area contributed by atoms with Gasteiger partial charge in [-0.15, -0.1) is 0 Å². The standard InChI is InChI=1S/C30H48N4O17/c35-12-20(39)26(45)24(43)18(37)10-31-22(41)8-6-16(34-30(50)51-14-15-4-2-1-3-5-15)28(47)33-17(29(48)49)7-9-23(42)32-11-19(38)25(44)27(46)21(40)13-36/h1-5,16-21,24-27,35-40,43-46H,6-14H2,(H,31,41)(H,32,42)(H,33,47)(H,34,50)(H,48,49). The number of carboxylic acid groups (broad SMARTS) is 1. The minimum atomic E-state index is -1.96. The predicted octanol–water partition coefficient (Wildman–Crippen LogP) is -6.48. The van der Waals surface area contributed by atoms with Crippen molar-refractivity contribution in [3.63, 3.8) is 0 Å². The number of hydrogen-bond donors (Lipinski definition) is 15. The van der Waals surface area contributed by atoms with Gasteiger partial charge in [0.2, 0.25) is 17.7 Å². The zero-order valence-electron chi connectivity index (χ0n) is 27.4. The van der Waals surface area contributed by atoms with Crippen molar-refractivity contribution in [3.8, 4) is 0 Å². The van der Waals surface area contributed by atoms with Crippen molar-refractivity contribution in [2.24, 2.45) is 0 Å². The molecule has 0 saturated carbocycles. The number of carbonyl (C=O) groups excluding carboxylic acids is 4. The van der Waals surface area contributed by atoms with E-state index in [2.05, 4.69) is 21.3 Å². The average molecular weight is 737 g/mol. The summed E-state index contributed by atoms with van der Waals surface area (Å²) >= 11 is 0. The van der Waals surface area contributed by atoms with Gasteiger partial charge < -0.3 is 82.2 Å². The Kier molecular flexibility index (Phi) is 20.7. The number of benzene rings is 1. The number of rotatable bonds is 24. The van der Waals surface area contributed by atoms with Crippen LogP contribution in [0.4, 0.5) is 4.79 Å². The fourth-order valence-corrected chi connectivity index (χ4v) is 4.24. The largest absolute Gasteiger partial charge is 0.480 e. The number of aliphatic hydroxyl groups is 10. The SMILES string of the molecule is O=C(CCC(NC(=O)C(CCC(=O)NCC(O)C(O)C(O)C(O)CO)NC(=O)OCc1ccccc1)C(=O)O)NCC(O)C(O)C(O)C(O)CO. The molecule has 0 fully saturated rings. The third-order valence-corrected chi connectivity index (χ3v) is 7.42. The van der Waals surface area contributed by atoms with Crippen molar-refractivity contribution >= 4 is 29.8 Å². The summed E-state index contributed by atoms with van der Waals surface area (Å²) < 4.78 is 5.10. The fraction of sp³-hybridized carbons (Fsp3) is 0.633. The Balaban J connectivity index is 2.85. The number of aliphatic carboxylic acids is 1. The van der Waals surface area contributed by atoms with Gasteiger partial charge in [0, 0.05) is 25.9 Å². The van der Waals surface area contributed by atoms with Gasteiger partial charge >= 0.3 is 12.1 Å². The van der Waals surface area contributed by atoms with E-state index >= 15 is 0 Å². The number of aliphatic hydroxyl groups excluding tert-OH is 10. The van der Waals surface area contributed by atoms with Gasteiger partial charge in [-0.05, 0) is 18.4 Å². The Morgan fingerprint density at radius 3 is 1.47 bits per heavy atom. The monoisotopic (exact) mass is 736 g/mol. The van der Waals surface area contributed by atoms with Gasteiger partial charge in [0.1, 0.15) is 55.3 Å². The van der Waals surface area contributed by atoms with Gasteiger partial charge in [-0.25, -0.2) is 9.59 Å². The molecule has 21 nitrogen and oxygen atoms in total. The third-order valence-electron chi connectivity index (χ3n) is 7.42. The van der Waals surface area contributed by atoms with Crippen LogP contribution in [0.5, 0.6) is 0 Å². The fourth-order valence-electron chi connectivity index (χ4n) is 4.24. The molecular weight excluding hydrogens is 688 g/mol. The molecule has 4 amide bonds. The van der Waals surface area contributed by atoms with E-state index in [9.17, 15) is 69.9 Å². The summed E-state index contributed by atoms with van der Waals surface area (Å²) in [5, 5.41) is 114. The zero-order chi connectivity index (χ0) is 38.7. The molecular formula is C30H48N4O17. The van der Waals surface area contributed by atoms with Crippen LogP contribution in [0, 0.1) is 0 Å². The van der Waals surface area contributed by atoms with E-state index in [1.165, 1.54) is 0 Å². The topological polar surface area (TPSA) is 365 Å². The number of ether oxygens (including phenoxy) is 1. The van der Waals surface area contributed by atoms with Gasteiger partial charge in [-0.1, -0.05) is 30.3 Å². The van der Waals surface area contributed by atoms with Crippen LogP contribution in [0.3, 0.4) is 0 Å². The smallest absolute Gasteiger partial charge is 0.408 e. The molecule has 15 N–H and O–H groups in total. The Labute approximate surface area is 291 Å². The van der Waals surface area contributed by atoms with Crippen LogP contribution in [0.1, 0.15) is 31.2 Å². The summed E-state index contributed by atoms with van der Waals surface area (Å²) in [7, 11) is 0. The minimum Gasteiger partial charge on any atom is -0.480 e. The minimum absolute atomic E-state index is 0.210. The van der Waals surface area contributed by atoms with Crippen molar-refractivity contribution in [1.29, 1.82) is 0 Å². The van der Waals surface area contributed by atoms with Crippen molar-refractivity contribution in [2.45, 2.75) is 93.2 Å². The van der Waals surface area contributed by atoms with Gasteiger partial charge in [0.25, 0.3) is 0 Å². The van der Waals surface area contributed by atoms with E-state index in [0.717, 1.165) is 0 Å². The number of hydrogen-bond acceptors (Lipinski definition) is 16. The van der Waals surface area contributed by atoms with Crippen LogP contribution in [-0.2, 0) is 30.5 Å². The maximum absolute atomic E-state index is 13.1. The van der Waals surface area contributed by atoms with Gasteiger partial charge in [0.15, 0.2) is 0 Å². The predicted molar refractivity (Wildman–Crippen MR) is 170 cm³/mol. The molecule has 0 saturated heterocycles. The van der Waals surface area contributed by atoms with Crippen LogP contribution >= 0.6 is 0 Å². The van der Waals surface area contributed by atoms with Crippen molar-refractivity contribution in [1.82, 2.24) is 21.3 Å². The van der Waals surface area contributed by atoms with Gasteiger partial charge in [-0.3, -0.25) is 14.4 Å². The second-order valence-electron chi connectivity index (χ2n) is 11.4. The number of amides is 4. The van der Waals surface area contributed by atoms with Crippen LogP contribution in [0.25, 0.3) is 0 Å². The number of nitrogens with one attached hydrogen (secondary N) is 4. The summed E-state index contributed by atoms with van der Waals surface area (Å²) in [5.74, 6) is -4.36. The number of carboxylic acids is 1. The Morgan fingerprint density at radius 1 is 0.608 bits per heavy atom. The van der Waals surface area contributed by atoms with Gasteiger partial charge in [-0.2, -0.15) is 0 Å². The maximum Gasteiger partial charge on any atom is 0.408 e. The molecule has 1 aromatic carbocycles. The summed E-state index contributed by atoms with van der Waals surface area (Å²) in [6.45, 7) is -3.32. The van der Waals surface area contributed by atoms with Crippen LogP contribution < -0.4 is 21.3 Å².